The van der Waals surface area contributed by atoms with Gasteiger partial charge in [-0.2, -0.15) is 0 Å². The highest BCUT2D eigenvalue weighted by atomic mass is 16.6. The number of nitro benzene ring substituents is 1. The monoisotopic (exact) mass is 398 g/mol. The molecule has 1 aliphatic rings. The van der Waals surface area contributed by atoms with Gasteiger partial charge in [-0.05, 0) is 35.2 Å². The molecule has 0 unspecified atom stereocenters. The Kier molecular flexibility index (Phi) is 5.44. The zero-order valence-corrected chi connectivity index (χ0v) is 16.5. The van der Waals surface area contributed by atoms with Crippen molar-refractivity contribution >= 4 is 11.6 Å². The molecule has 0 radical (unpaired) electrons. The maximum absolute atomic E-state index is 13.5. The predicted molar refractivity (Wildman–Crippen MR) is 116 cm³/mol. The van der Waals surface area contributed by atoms with Gasteiger partial charge in [-0.3, -0.25) is 14.9 Å². The summed E-state index contributed by atoms with van der Waals surface area (Å²) in [5.74, 6) is -0.207. The third-order valence-electron chi connectivity index (χ3n) is 5.70. The summed E-state index contributed by atoms with van der Waals surface area (Å²) in [6.45, 7) is 4.65. The number of rotatable bonds is 5. The first-order chi connectivity index (χ1) is 14.6. The molecule has 0 fully saturated rings. The van der Waals surface area contributed by atoms with E-state index in [4.69, 9.17) is 0 Å². The highest BCUT2D eigenvalue weighted by Crippen LogP contribution is 2.41. The van der Waals surface area contributed by atoms with E-state index in [-0.39, 0.29) is 23.6 Å². The van der Waals surface area contributed by atoms with Crippen molar-refractivity contribution in [1.29, 1.82) is 0 Å². The fraction of sp³-hybridized carbons (Fsp3) is 0.160. The number of carbonyl (C=O) groups is 1. The summed E-state index contributed by atoms with van der Waals surface area (Å²) < 4.78 is 0. The van der Waals surface area contributed by atoms with Gasteiger partial charge in [0.05, 0.1) is 11.0 Å². The zero-order valence-electron chi connectivity index (χ0n) is 16.5. The van der Waals surface area contributed by atoms with E-state index in [0.717, 1.165) is 17.5 Å². The zero-order chi connectivity index (χ0) is 21.1. The Bertz CT molecular complexity index is 1080. The van der Waals surface area contributed by atoms with Gasteiger partial charge in [-0.15, -0.1) is 6.58 Å². The lowest BCUT2D eigenvalue weighted by atomic mass is 9.81. The molecule has 0 saturated carbocycles. The highest BCUT2D eigenvalue weighted by Gasteiger charge is 2.36. The van der Waals surface area contributed by atoms with Crippen LogP contribution >= 0.6 is 0 Å². The van der Waals surface area contributed by atoms with E-state index in [1.807, 2.05) is 41.3 Å². The molecule has 3 aromatic rings. The molecule has 150 valence electrons. The molecule has 3 aromatic carbocycles. The summed E-state index contributed by atoms with van der Waals surface area (Å²) in [6.07, 6.45) is 2.67. The number of nitro groups is 1. The first kappa shape index (κ1) is 19.6. The average molecular weight is 398 g/mol. The van der Waals surface area contributed by atoms with Crippen LogP contribution in [0.5, 0.6) is 0 Å². The normalized spacial score (nSPS) is 16.4. The highest BCUT2D eigenvalue weighted by molar-refractivity contribution is 5.95. The van der Waals surface area contributed by atoms with Gasteiger partial charge in [0.25, 0.3) is 11.6 Å². The van der Waals surface area contributed by atoms with Crippen LogP contribution in [0.2, 0.25) is 0 Å². The molecule has 1 amide bonds. The third-order valence-corrected chi connectivity index (χ3v) is 5.70. The van der Waals surface area contributed by atoms with Crippen LogP contribution in [0.25, 0.3) is 0 Å². The van der Waals surface area contributed by atoms with E-state index in [1.165, 1.54) is 29.8 Å². The first-order valence-electron chi connectivity index (χ1n) is 9.91. The van der Waals surface area contributed by atoms with E-state index in [9.17, 15) is 14.9 Å². The maximum Gasteiger partial charge on any atom is 0.269 e. The first-order valence-corrected chi connectivity index (χ1v) is 9.91. The Morgan fingerprint density at radius 1 is 1.03 bits per heavy atom. The molecule has 0 aromatic heterocycles. The van der Waals surface area contributed by atoms with Gasteiger partial charge in [-0.1, -0.05) is 60.7 Å². The molecule has 0 spiro atoms. The van der Waals surface area contributed by atoms with Crippen LogP contribution in [-0.2, 0) is 6.42 Å². The molecule has 0 aliphatic carbocycles. The summed E-state index contributed by atoms with van der Waals surface area (Å²) in [7, 11) is 0. The van der Waals surface area contributed by atoms with Crippen molar-refractivity contribution in [2.24, 2.45) is 0 Å². The van der Waals surface area contributed by atoms with Crippen molar-refractivity contribution in [2.75, 3.05) is 6.54 Å². The molecule has 1 aliphatic heterocycles. The van der Waals surface area contributed by atoms with Crippen molar-refractivity contribution in [2.45, 2.75) is 18.4 Å². The molecule has 5 nitrogen and oxygen atoms in total. The van der Waals surface area contributed by atoms with Gasteiger partial charge >= 0.3 is 0 Å². The van der Waals surface area contributed by atoms with Crippen LogP contribution in [0.4, 0.5) is 5.69 Å². The lowest BCUT2D eigenvalue weighted by molar-refractivity contribution is -0.384. The van der Waals surface area contributed by atoms with Crippen LogP contribution in [0.3, 0.4) is 0 Å². The van der Waals surface area contributed by atoms with E-state index in [2.05, 4.69) is 30.8 Å². The molecule has 2 atom stereocenters. The number of fused-ring (bicyclic) bond motifs is 1. The van der Waals surface area contributed by atoms with Crippen LogP contribution < -0.4 is 0 Å². The molecular weight excluding hydrogens is 376 g/mol. The number of carbonyl (C=O) groups excluding carboxylic acids is 1. The van der Waals surface area contributed by atoms with Gasteiger partial charge in [0.15, 0.2) is 0 Å². The van der Waals surface area contributed by atoms with Crippen LogP contribution in [0.15, 0.2) is 91.5 Å². The fourth-order valence-corrected chi connectivity index (χ4v) is 4.23. The Labute approximate surface area is 175 Å². The van der Waals surface area contributed by atoms with E-state index >= 15 is 0 Å². The minimum atomic E-state index is -0.461. The quantitative estimate of drug-likeness (QED) is 0.333. The molecule has 0 N–H and O–H groups in total. The van der Waals surface area contributed by atoms with Crippen LogP contribution in [0, 0.1) is 10.1 Å². The average Bonchev–Trinajstić information content (AvgIpc) is 2.80. The Balaban J connectivity index is 1.76. The lowest BCUT2D eigenvalue weighted by Crippen LogP contribution is -2.42. The number of hydrogen-bond donors (Lipinski definition) is 0. The number of non-ortho nitro benzene ring substituents is 1. The molecule has 5 heteroatoms. The number of hydrogen-bond acceptors (Lipinski definition) is 3. The number of amides is 1. The summed E-state index contributed by atoms with van der Waals surface area (Å²) in [6, 6.07) is 23.9. The smallest absolute Gasteiger partial charge is 0.269 e. The minimum absolute atomic E-state index is 0.0275. The lowest BCUT2D eigenvalue weighted by Gasteiger charge is -2.41. The molecule has 1 heterocycles. The van der Waals surface area contributed by atoms with Gasteiger partial charge in [-0.25, -0.2) is 0 Å². The van der Waals surface area contributed by atoms with Crippen molar-refractivity contribution in [3.8, 4) is 0 Å². The largest absolute Gasteiger partial charge is 0.330 e. The molecule has 4 rings (SSSR count). The second kappa shape index (κ2) is 8.33. The SMILES string of the molecule is C=C[C@@H](c1ccccc1)[C@@H]1c2ccccc2CCN1C(=O)c1ccc([N+](=O)[O-])cc1. The third kappa shape index (κ3) is 3.62. The minimum Gasteiger partial charge on any atom is -0.330 e. The van der Waals surface area contributed by atoms with E-state index < -0.39 is 4.92 Å². The van der Waals surface area contributed by atoms with Crippen molar-refractivity contribution in [3.05, 3.63) is 124 Å². The molecule has 30 heavy (non-hydrogen) atoms. The molecular formula is C25H22N2O3. The Hall–Kier alpha value is -3.73. The molecule has 0 saturated heterocycles. The summed E-state index contributed by atoms with van der Waals surface area (Å²) in [5, 5.41) is 11.0. The topological polar surface area (TPSA) is 63.5 Å². The Morgan fingerprint density at radius 2 is 1.70 bits per heavy atom. The predicted octanol–water partition coefficient (Wildman–Crippen LogP) is 5.30. The number of benzene rings is 3. The summed E-state index contributed by atoms with van der Waals surface area (Å²) in [4.78, 5) is 25.8. The van der Waals surface area contributed by atoms with E-state index in [1.54, 1.807) is 0 Å². The van der Waals surface area contributed by atoms with E-state index in [0.29, 0.717) is 12.1 Å². The number of nitrogens with zero attached hydrogens (tertiary/aromatic N) is 2. The second-order valence-electron chi connectivity index (χ2n) is 7.37. The summed E-state index contributed by atoms with van der Waals surface area (Å²) >= 11 is 0. The second-order valence-corrected chi connectivity index (χ2v) is 7.37. The summed E-state index contributed by atoms with van der Waals surface area (Å²) in [5.41, 5.74) is 3.86. The van der Waals surface area contributed by atoms with Crippen LogP contribution in [-0.4, -0.2) is 22.3 Å². The molecule has 0 bridgehead atoms. The van der Waals surface area contributed by atoms with Gasteiger partial charge in [0.2, 0.25) is 0 Å². The van der Waals surface area contributed by atoms with Gasteiger partial charge in [0.1, 0.15) is 0 Å². The van der Waals surface area contributed by atoms with Crippen molar-refractivity contribution in [3.63, 3.8) is 0 Å². The van der Waals surface area contributed by atoms with Gasteiger partial charge < -0.3 is 4.90 Å². The standard InChI is InChI=1S/C25H22N2O3/c1-2-22(18-8-4-3-5-9-18)24-23-11-7-6-10-19(23)16-17-26(24)25(28)20-12-14-21(15-13-20)27(29)30/h2-15,22,24H,1,16-17H2/t22-,24+/m0/s1. The fourth-order valence-electron chi connectivity index (χ4n) is 4.23. The van der Waals surface area contributed by atoms with Crippen molar-refractivity contribution < 1.29 is 9.72 Å². The van der Waals surface area contributed by atoms with Crippen LogP contribution in [0.1, 0.15) is 39.0 Å². The Morgan fingerprint density at radius 3 is 2.37 bits per heavy atom. The van der Waals surface area contributed by atoms with Gasteiger partial charge in [0, 0.05) is 30.2 Å². The maximum atomic E-state index is 13.5. The van der Waals surface area contributed by atoms with Crippen molar-refractivity contribution in [1.82, 2.24) is 4.90 Å².